The topological polar surface area (TPSA) is 77.5 Å². The Labute approximate surface area is 167 Å². The van der Waals surface area contributed by atoms with Crippen LogP contribution in [-0.2, 0) is 27.2 Å². The van der Waals surface area contributed by atoms with Crippen molar-refractivity contribution in [1.29, 1.82) is 0 Å². The number of amides is 1. The minimum atomic E-state index is -0.374. The zero-order valence-corrected chi connectivity index (χ0v) is 16.2. The van der Waals surface area contributed by atoms with Crippen LogP contribution < -0.4 is 10.1 Å². The fourth-order valence-corrected chi connectivity index (χ4v) is 3.30. The van der Waals surface area contributed by atoms with Crippen LogP contribution in [0.4, 0.5) is 5.13 Å². The Morgan fingerprint density at radius 3 is 2.61 bits per heavy atom. The van der Waals surface area contributed by atoms with Gasteiger partial charge in [-0.2, -0.15) is 0 Å². The van der Waals surface area contributed by atoms with E-state index in [0.717, 1.165) is 12.0 Å². The second kappa shape index (κ2) is 9.66. The first-order valence-corrected chi connectivity index (χ1v) is 9.57. The number of methoxy groups -OCH3 is 1. The lowest BCUT2D eigenvalue weighted by Crippen LogP contribution is -2.20. The van der Waals surface area contributed by atoms with E-state index in [1.165, 1.54) is 24.0 Å². The summed E-state index contributed by atoms with van der Waals surface area (Å²) in [6.45, 7) is -0.127. The number of nitrogens with one attached hydrogen (secondary N) is 1. The Bertz CT molecular complexity index is 940. The fourth-order valence-electron chi connectivity index (χ4n) is 2.57. The highest BCUT2D eigenvalue weighted by atomic mass is 32.1. The van der Waals surface area contributed by atoms with Crippen molar-refractivity contribution in [3.63, 3.8) is 0 Å². The van der Waals surface area contributed by atoms with E-state index >= 15 is 0 Å². The molecule has 0 atom stereocenters. The third-order valence-corrected chi connectivity index (χ3v) is 4.73. The van der Waals surface area contributed by atoms with Gasteiger partial charge in [-0.3, -0.25) is 14.9 Å². The van der Waals surface area contributed by atoms with Gasteiger partial charge in [0.2, 0.25) is 0 Å². The molecular weight excluding hydrogens is 376 g/mol. The average Bonchev–Trinajstić information content (AvgIpc) is 3.14. The molecule has 0 fully saturated rings. The summed E-state index contributed by atoms with van der Waals surface area (Å²) in [6.07, 6.45) is 0.800. The number of nitrogens with zero attached hydrogens (tertiary/aromatic N) is 1. The van der Waals surface area contributed by atoms with E-state index in [1.807, 2.05) is 42.5 Å². The highest BCUT2D eigenvalue weighted by Crippen LogP contribution is 2.22. The quantitative estimate of drug-likeness (QED) is 0.590. The van der Waals surface area contributed by atoms with Crippen LogP contribution >= 0.6 is 11.3 Å². The Morgan fingerprint density at radius 1 is 1.07 bits per heavy atom. The van der Waals surface area contributed by atoms with Gasteiger partial charge in [-0.25, -0.2) is 4.98 Å². The molecule has 0 radical (unpaired) electrons. The molecule has 6 nitrogen and oxygen atoms in total. The second-order valence-corrected chi connectivity index (χ2v) is 6.86. The van der Waals surface area contributed by atoms with Crippen molar-refractivity contribution < 1.29 is 19.1 Å². The number of benzene rings is 2. The van der Waals surface area contributed by atoms with Crippen molar-refractivity contribution in [2.45, 2.75) is 12.8 Å². The molecule has 1 amide bonds. The van der Waals surface area contributed by atoms with Crippen molar-refractivity contribution >= 4 is 28.3 Å². The molecule has 3 aromatic rings. The van der Waals surface area contributed by atoms with Gasteiger partial charge in [-0.05, 0) is 17.2 Å². The Hall–Kier alpha value is -3.19. The largest absolute Gasteiger partial charge is 0.483 e. The van der Waals surface area contributed by atoms with Crippen LogP contribution in [0.15, 0.2) is 60.0 Å². The number of esters is 1. The summed E-state index contributed by atoms with van der Waals surface area (Å²) in [6, 6.07) is 17.7. The molecule has 2 aromatic carbocycles. The normalized spacial score (nSPS) is 10.3. The summed E-state index contributed by atoms with van der Waals surface area (Å²) < 4.78 is 10.3. The number of ether oxygens (including phenoxy) is 2. The molecule has 0 saturated heterocycles. The molecule has 0 bridgehead atoms. The smallest absolute Gasteiger partial charge is 0.311 e. The van der Waals surface area contributed by atoms with Gasteiger partial charge < -0.3 is 9.47 Å². The molecular formula is C21H20N2O4S. The first kappa shape index (κ1) is 19.6. The molecule has 0 saturated carbocycles. The zero-order chi connectivity index (χ0) is 19.8. The second-order valence-electron chi connectivity index (χ2n) is 6.00. The number of rotatable bonds is 8. The molecule has 28 heavy (non-hydrogen) atoms. The molecule has 1 heterocycles. The summed E-state index contributed by atoms with van der Waals surface area (Å²) in [5, 5.41) is 4.82. The van der Waals surface area contributed by atoms with Crippen LogP contribution in [0, 0.1) is 0 Å². The first-order valence-electron chi connectivity index (χ1n) is 8.69. The molecule has 7 heteroatoms. The standard InChI is InChI=1S/C21H20N2O4S/c1-26-20(25)12-17-14-28-21(22-17)23-19(24)13-27-18-10-6-5-9-16(18)11-15-7-3-2-4-8-15/h2-10,14H,11-13H2,1H3,(H,22,23,24). The minimum Gasteiger partial charge on any atom is -0.483 e. The number of hydrogen-bond donors (Lipinski definition) is 1. The lowest BCUT2D eigenvalue weighted by atomic mass is 10.0. The van der Waals surface area contributed by atoms with Crippen LogP contribution in [-0.4, -0.2) is 30.6 Å². The Kier molecular flexibility index (Phi) is 6.75. The molecule has 0 spiro atoms. The Balaban J connectivity index is 1.56. The highest BCUT2D eigenvalue weighted by molar-refractivity contribution is 7.13. The van der Waals surface area contributed by atoms with Crippen molar-refractivity contribution in [3.8, 4) is 5.75 Å². The molecule has 144 valence electrons. The maximum atomic E-state index is 12.2. The number of carbonyl (C=O) groups is 2. The van der Waals surface area contributed by atoms with Gasteiger partial charge in [0, 0.05) is 11.8 Å². The third-order valence-electron chi connectivity index (χ3n) is 3.92. The molecule has 0 aliphatic heterocycles. The molecule has 1 N–H and O–H groups in total. The number of thiazole rings is 1. The number of hydrogen-bond acceptors (Lipinski definition) is 6. The molecule has 0 unspecified atom stereocenters. The van der Waals surface area contributed by atoms with Crippen LogP contribution in [0.5, 0.6) is 5.75 Å². The third kappa shape index (κ3) is 5.65. The van der Waals surface area contributed by atoms with Gasteiger partial charge in [0.1, 0.15) is 5.75 Å². The van der Waals surface area contributed by atoms with E-state index in [0.29, 0.717) is 16.6 Å². The number of para-hydroxylation sites is 1. The van der Waals surface area contributed by atoms with Crippen LogP contribution in [0.25, 0.3) is 0 Å². The first-order chi connectivity index (χ1) is 13.6. The van der Waals surface area contributed by atoms with Crippen molar-refractivity contribution in [3.05, 3.63) is 76.8 Å². The predicted molar refractivity (Wildman–Crippen MR) is 108 cm³/mol. The van der Waals surface area contributed by atoms with E-state index in [9.17, 15) is 9.59 Å². The number of aromatic nitrogens is 1. The lowest BCUT2D eigenvalue weighted by molar-refractivity contribution is -0.139. The highest BCUT2D eigenvalue weighted by Gasteiger charge is 2.11. The lowest BCUT2D eigenvalue weighted by Gasteiger charge is -2.11. The van der Waals surface area contributed by atoms with Crippen LogP contribution in [0.3, 0.4) is 0 Å². The monoisotopic (exact) mass is 396 g/mol. The van der Waals surface area contributed by atoms with Crippen LogP contribution in [0.1, 0.15) is 16.8 Å². The maximum absolute atomic E-state index is 12.2. The maximum Gasteiger partial charge on any atom is 0.311 e. The van der Waals surface area contributed by atoms with Crippen molar-refractivity contribution in [1.82, 2.24) is 4.98 Å². The van der Waals surface area contributed by atoms with E-state index in [1.54, 1.807) is 5.38 Å². The number of carbonyl (C=O) groups excluding carboxylic acids is 2. The molecule has 0 aliphatic rings. The van der Waals surface area contributed by atoms with Crippen LogP contribution in [0.2, 0.25) is 0 Å². The van der Waals surface area contributed by atoms with Gasteiger partial charge in [0.15, 0.2) is 11.7 Å². The van der Waals surface area contributed by atoms with Gasteiger partial charge >= 0.3 is 5.97 Å². The SMILES string of the molecule is COC(=O)Cc1csc(NC(=O)COc2ccccc2Cc2ccccc2)n1. The van der Waals surface area contributed by atoms with Gasteiger partial charge in [-0.1, -0.05) is 48.5 Å². The van der Waals surface area contributed by atoms with E-state index in [4.69, 9.17) is 4.74 Å². The minimum absolute atomic E-state index is 0.0756. The molecule has 0 aliphatic carbocycles. The van der Waals surface area contributed by atoms with Gasteiger partial charge in [0.25, 0.3) is 5.91 Å². The van der Waals surface area contributed by atoms with Gasteiger partial charge in [0.05, 0.1) is 19.2 Å². The summed E-state index contributed by atoms with van der Waals surface area (Å²) >= 11 is 1.25. The predicted octanol–water partition coefficient (Wildman–Crippen LogP) is 3.47. The van der Waals surface area contributed by atoms with Crippen molar-refractivity contribution in [2.24, 2.45) is 0 Å². The Morgan fingerprint density at radius 2 is 1.82 bits per heavy atom. The van der Waals surface area contributed by atoms with Crippen molar-refractivity contribution in [2.75, 3.05) is 19.0 Å². The van der Waals surface area contributed by atoms with E-state index < -0.39 is 0 Å². The zero-order valence-electron chi connectivity index (χ0n) is 15.4. The number of anilines is 1. The fraction of sp³-hybridized carbons (Fsp3) is 0.190. The average molecular weight is 396 g/mol. The summed E-state index contributed by atoms with van der Waals surface area (Å²) in [7, 11) is 1.32. The van der Waals surface area contributed by atoms with E-state index in [2.05, 4.69) is 27.2 Å². The molecule has 3 rings (SSSR count). The summed E-state index contributed by atoms with van der Waals surface area (Å²) in [5.41, 5.74) is 2.74. The van der Waals surface area contributed by atoms with Gasteiger partial charge in [-0.15, -0.1) is 11.3 Å². The van der Waals surface area contributed by atoms with E-state index in [-0.39, 0.29) is 24.9 Å². The summed E-state index contributed by atoms with van der Waals surface area (Å²) in [5.74, 6) is -0.0120. The summed E-state index contributed by atoms with van der Waals surface area (Å²) in [4.78, 5) is 27.6. The molecule has 1 aromatic heterocycles.